The molecule has 20 heavy (non-hydrogen) atoms. The van der Waals surface area contributed by atoms with Gasteiger partial charge >= 0.3 is 0 Å². The lowest BCUT2D eigenvalue weighted by Gasteiger charge is -2.19. The topological polar surface area (TPSA) is 46.3 Å². The summed E-state index contributed by atoms with van der Waals surface area (Å²) in [5.41, 5.74) is 7.25. The number of nitrogens with two attached hydrogens (primary N) is 1. The smallest absolute Gasteiger partial charge is 0.224 e. The van der Waals surface area contributed by atoms with Crippen LogP contribution in [0.3, 0.4) is 0 Å². The molecule has 1 aromatic carbocycles. The summed E-state index contributed by atoms with van der Waals surface area (Å²) in [7, 11) is 1.83. The van der Waals surface area contributed by atoms with E-state index in [1.165, 1.54) is 10.4 Å². The minimum absolute atomic E-state index is 0.0989. The lowest BCUT2D eigenvalue weighted by atomic mass is 10.0. The van der Waals surface area contributed by atoms with Crippen LogP contribution in [-0.4, -0.2) is 23.9 Å². The van der Waals surface area contributed by atoms with Crippen LogP contribution in [0.15, 0.2) is 47.8 Å². The second kappa shape index (κ2) is 7.22. The molecule has 0 saturated heterocycles. The van der Waals surface area contributed by atoms with E-state index >= 15 is 0 Å². The molecule has 2 aromatic rings. The van der Waals surface area contributed by atoms with Crippen LogP contribution in [0, 0.1) is 0 Å². The molecule has 0 bridgehead atoms. The number of hydrogen-bond donors (Lipinski definition) is 1. The third-order valence-electron chi connectivity index (χ3n) is 3.18. The van der Waals surface area contributed by atoms with Crippen LogP contribution in [0.1, 0.15) is 16.9 Å². The van der Waals surface area contributed by atoms with Crippen molar-refractivity contribution in [2.24, 2.45) is 5.73 Å². The van der Waals surface area contributed by atoms with Gasteiger partial charge in [0.15, 0.2) is 0 Å². The van der Waals surface area contributed by atoms with E-state index in [2.05, 4.69) is 0 Å². The quantitative estimate of drug-likeness (QED) is 0.888. The highest BCUT2D eigenvalue weighted by molar-refractivity contribution is 7.09. The van der Waals surface area contributed by atoms with Gasteiger partial charge in [-0.3, -0.25) is 4.79 Å². The van der Waals surface area contributed by atoms with Crippen molar-refractivity contribution in [3.8, 4) is 0 Å². The zero-order valence-electron chi connectivity index (χ0n) is 11.7. The molecule has 1 atom stereocenters. The van der Waals surface area contributed by atoms with Gasteiger partial charge in [-0.2, -0.15) is 0 Å². The van der Waals surface area contributed by atoms with Gasteiger partial charge in [-0.05, 0) is 23.4 Å². The summed E-state index contributed by atoms with van der Waals surface area (Å²) in [5, 5.41) is 2.02. The number of rotatable bonds is 6. The van der Waals surface area contributed by atoms with Crippen molar-refractivity contribution < 1.29 is 4.79 Å². The average Bonchev–Trinajstić information content (AvgIpc) is 2.92. The van der Waals surface area contributed by atoms with Crippen molar-refractivity contribution in [2.45, 2.75) is 25.4 Å². The van der Waals surface area contributed by atoms with Gasteiger partial charge in [-0.1, -0.05) is 36.4 Å². The minimum atomic E-state index is -0.129. The summed E-state index contributed by atoms with van der Waals surface area (Å²) in [6, 6.07) is 14.0. The monoisotopic (exact) mass is 288 g/mol. The molecule has 0 saturated carbocycles. The fourth-order valence-corrected chi connectivity index (χ4v) is 2.85. The van der Waals surface area contributed by atoms with Gasteiger partial charge in [0.25, 0.3) is 0 Å². The van der Waals surface area contributed by atoms with E-state index in [0.717, 1.165) is 6.42 Å². The van der Waals surface area contributed by atoms with Gasteiger partial charge in [-0.15, -0.1) is 11.3 Å². The molecule has 4 heteroatoms. The van der Waals surface area contributed by atoms with Gasteiger partial charge in [0.05, 0.1) is 6.54 Å². The molecule has 0 aliphatic carbocycles. The molecule has 0 fully saturated rings. The molecule has 0 radical (unpaired) electrons. The van der Waals surface area contributed by atoms with E-state index < -0.39 is 0 Å². The molecule has 2 N–H and O–H groups in total. The molecule has 0 spiro atoms. The summed E-state index contributed by atoms with van der Waals surface area (Å²) in [6.45, 7) is 0.661. The maximum Gasteiger partial charge on any atom is 0.224 e. The molecule has 106 valence electrons. The summed E-state index contributed by atoms with van der Waals surface area (Å²) in [5.74, 6) is 0.0989. The Labute approximate surface area is 124 Å². The second-order valence-corrected chi connectivity index (χ2v) is 6.02. The predicted octanol–water partition coefficient (Wildman–Crippen LogP) is 2.67. The number of benzene rings is 1. The minimum Gasteiger partial charge on any atom is -0.341 e. The Morgan fingerprint density at radius 2 is 2.00 bits per heavy atom. The van der Waals surface area contributed by atoms with E-state index in [1.54, 1.807) is 16.2 Å². The van der Waals surface area contributed by atoms with Crippen LogP contribution < -0.4 is 5.73 Å². The Bertz CT molecular complexity index is 525. The van der Waals surface area contributed by atoms with Gasteiger partial charge in [-0.25, -0.2) is 0 Å². The van der Waals surface area contributed by atoms with Gasteiger partial charge in [0.1, 0.15) is 0 Å². The maximum absolute atomic E-state index is 12.1. The van der Waals surface area contributed by atoms with Crippen LogP contribution in [0.2, 0.25) is 0 Å². The first-order valence-corrected chi connectivity index (χ1v) is 7.59. The molecule has 1 unspecified atom stereocenters. The Balaban J connectivity index is 1.81. The van der Waals surface area contributed by atoms with Crippen molar-refractivity contribution in [2.75, 3.05) is 7.05 Å². The number of carbonyl (C=O) groups excluding carboxylic acids is 1. The fraction of sp³-hybridized carbons (Fsp3) is 0.312. The molecule has 0 aliphatic rings. The van der Waals surface area contributed by atoms with Gasteiger partial charge in [0, 0.05) is 24.4 Å². The molecule has 1 aromatic heterocycles. The van der Waals surface area contributed by atoms with Crippen LogP contribution in [0.25, 0.3) is 0 Å². The molecule has 0 aliphatic heterocycles. The molecular formula is C16H20N2OS. The van der Waals surface area contributed by atoms with Crippen LogP contribution in [0.4, 0.5) is 0 Å². The Morgan fingerprint density at radius 1 is 1.25 bits per heavy atom. The van der Waals surface area contributed by atoms with E-state index in [1.807, 2.05) is 54.9 Å². The summed E-state index contributed by atoms with van der Waals surface area (Å²) >= 11 is 1.67. The van der Waals surface area contributed by atoms with Crippen molar-refractivity contribution >= 4 is 17.2 Å². The lowest BCUT2D eigenvalue weighted by molar-refractivity contribution is -0.130. The van der Waals surface area contributed by atoms with Crippen molar-refractivity contribution in [3.63, 3.8) is 0 Å². The predicted molar refractivity (Wildman–Crippen MR) is 83.5 cm³/mol. The molecule has 1 heterocycles. The van der Waals surface area contributed by atoms with Crippen molar-refractivity contribution in [1.29, 1.82) is 0 Å². The lowest BCUT2D eigenvalue weighted by Crippen LogP contribution is -2.34. The third-order valence-corrected chi connectivity index (χ3v) is 4.04. The van der Waals surface area contributed by atoms with Crippen LogP contribution >= 0.6 is 11.3 Å². The number of nitrogens with zero attached hydrogens (tertiary/aromatic N) is 1. The van der Waals surface area contributed by atoms with E-state index in [-0.39, 0.29) is 11.9 Å². The van der Waals surface area contributed by atoms with Crippen molar-refractivity contribution in [1.82, 2.24) is 4.90 Å². The Hall–Kier alpha value is -1.65. The molecule has 2 rings (SSSR count). The first kappa shape index (κ1) is 14.8. The van der Waals surface area contributed by atoms with Gasteiger partial charge < -0.3 is 10.6 Å². The summed E-state index contributed by atoms with van der Waals surface area (Å²) < 4.78 is 0. The molecular weight excluding hydrogens is 268 g/mol. The number of carbonyl (C=O) groups is 1. The first-order valence-electron chi connectivity index (χ1n) is 6.71. The zero-order valence-corrected chi connectivity index (χ0v) is 12.5. The highest BCUT2D eigenvalue weighted by Gasteiger charge is 2.14. The van der Waals surface area contributed by atoms with E-state index in [4.69, 9.17) is 5.73 Å². The van der Waals surface area contributed by atoms with E-state index in [0.29, 0.717) is 13.0 Å². The highest BCUT2D eigenvalue weighted by Crippen LogP contribution is 2.12. The normalized spacial score (nSPS) is 12.1. The van der Waals surface area contributed by atoms with Crippen LogP contribution in [0.5, 0.6) is 0 Å². The number of thiophene rings is 1. The van der Waals surface area contributed by atoms with Crippen molar-refractivity contribution in [3.05, 3.63) is 58.3 Å². The maximum atomic E-state index is 12.1. The largest absolute Gasteiger partial charge is 0.341 e. The summed E-state index contributed by atoms with van der Waals surface area (Å²) in [6.07, 6.45) is 1.12. The summed E-state index contributed by atoms with van der Waals surface area (Å²) in [4.78, 5) is 15.1. The fourth-order valence-electron chi connectivity index (χ4n) is 2.09. The highest BCUT2D eigenvalue weighted by atomic mass is 32.1. The van der Waals surface area contributed by atoms with Gasteiger partial charge in [0.2, 0.25) is 5.91 Å². The Morgan fingerprint density at radius 3 is 2.65 bits per heavy atom. The zero-order chi connectivity index (χ0) is 14.4. The number of amides is 1. The number of hydrogen-bond acceptors (Lipinski definition) is 3. The van der Waals surface area contributed by atoms with Crippen LogP contribution in [-0.2, 0) is 17.8 Å². The average molecular weight is 288 g/mol. The molecule has 1 amide bonds. The second-order valence-electron chi connectivity index (χ2n) is 4.98. The third kappa shape index (κ3) is 4.47. The molecule has 3 nitrogen and oxygen atoms in total. The van der Waals surface area contributed by atoms with E-state index in [9.17, 15) is 4.79 Å². The Kier molecular flexibility index (Phi) is 5.32. The SMILES string of the molecule is CN(Cc1cccs1)C(=O)CC(N)Cc1ccccc1. The standard InChI is InChI=1S/C16H20N2OS/c1-18(12-15-8-5-9-20-15)16(19)11-14(17)10-13-6-3-2-4-7-13/h2-9,14H,10-12,17H2,1H3. The first-order chi connectivity index (χ1) is 9.65.